The van der Waals surface area contributed by atoms with Crippen LogP contribution < -0.4 is 0 Å². The predicted molar refractivity (Wildman–Crippen MR) is 94.9 cm³/mol. The number of unbranched alkanes of at least 4 members (excludes halogenated alkanes) is 2. The number of hydrogen-bond donors (Lipinski definition) is 5. The molecule has 1 heterocycles. The van der Waals surface area contributed by atoms with Gasteiger partial charge in [0.1, 0.15) is 0 Å². The average molecular weight is 398 g/mol. The van der Waals surface area contributed by atoms with Gasteiger partial charge in [0.05, 0.1) is 0 Å². The number of hydrogen-bond acceptors (Lipinski definition) is 5. The molecule has 0 atom stereocenters. The molecule has 0 aliphatic heterocycles. The van der Waals surface area contributed by atoms with Crippen LogP contribution in [0.25, 0.3) is 0 Å². The molecule has 146 valence electrons. The second kappa shape index (κ2) is 11.2. The molecule has 0 saturated heterocycles. The van der Waals surface area contributed by atoms with E-state index in [1.165, 1.54) is 0 Å². The maximum atomic E-state index is 11.1. The number of aromatic nitrogens is 1. The van der Waals surface area contributed by atoms with Crippen molar-refractivity contribution in [1.82, 2.24) is 9.88 Å². The maximum Gasteiger partial charge on any atom is 0.369 e. The van der Waals surface area contributed by atoms with Crippen molar-refractivity contribution >= 4 is 15.2 Å². The van der Waals surface area contributed by atoms with Crippen molar-refractivity contribution in [2.75, 3.05) is 20.1 Å². The number of aliphatic hydroxyl groups is 1. The molecule has 11 heteroatoms. The van der Waals surface area contributed by atoms with Gasteiger partial charge in [-0.1, -0.05) is 25.8 Å². The maximum absolute atomic E-state index is 11.1. The van der Waals surface area contributed by atoms with E-state index >= 15 is 0 Å². The minimum Gasteiger partial charge on any atom is -0.367 e. The molecule has 0 aliphatic carbocycles. The van der Waals surface area contributed by atoms with E-state index in [1.54, 1.807) is 24.3 Å². The Morgan fingerprint density at radius 2 is 1.48 bits per heavy atom. The van der Waals surface area contributed by atoms with Crippen LogP contribution in [0, 0.1) is 0 Å². The van der Waals surface area contributed by atoms with E-state index in [1.807, 2.05) is 25.1 Å². The van der Waals surface area contributed by atoms with Gasteiger partial charge >= 0.3 is 15.2 Å². The van der Waals surface area contributed by atoms with Gasteiger partial charge in [-0.3, -0.25) is 14.1 Å². The van der Waals surface area contributed by atoms with E-state index in [9.17, 15) is 14.2 Å². The molecule has 1 aromatic rings. The summed E-state index contributed by atoms with van der Waals surface area (Å²) in [6, 6.07) is 5.72. The fourth-order valence-electron chi connectivity index (χ4n) is 1.86. The first-order chi connectivity index (χ1) is 11.5. The summed E-state index contributed by atoms with van der Waals surface area (Å²) in [5.74, 6) is 0. The summed E-state index contributed by atoms with van der Waals surface area (Å²) in [6.45, 7) is 2.64. The first-order valence-electron chi connectivity index (χ1n) is 7.83. The Labute approximate surface area is 148 Å². The van der Waals surface area contributed by atoms with E-state index in [0.29, 0.717) is 6.54 Å². The second-order valence-corrected chi connectivity index (χ2v) is 9.66. The number of pyridine rings is 1. The van der Waals surface area contributed by atoms with Gasteiger partial charge in [-0.05, 0) is 32.1 Å². The van der Waals surface area contributed by atoms with Crippen LogP contribution >= 0.6 is 15.2 Å². The Hall–Kier alpha value is -0.630. The first kappa shape index (κ1) is 24.4. The molecule has 0 unspecified atom stereocenters. The third-order valence-corrected chi connectivity index (χ3v) is 7.35. The Kier molecular flexibility index (Phi) is 10.9. The number of nitrogens with zero attached hydrogens (tertiary/aromatic N) is 2. The lowest BCUT2D eigenvalue weighted by atomic mass is 10.2. The molecule has 0 bridgehead atoms. The molecule has 0 amide bonds. The van der Waals surface area contributed by atoms with Gasteiger partial charge in [0.15, 0.2) is 0 Å². The van der Waals surface area contributed by atoms with Crippen molar-refractivity contribution in [3.8, 4) is 0 Å². The molecule has 0 radical (unpaired) electrons. The summed E-state index contributed by atoms with van der Waals surface area (Å²) in [6.07, 6.45) is 5.69. The van der Waals surface area contributed by atoms with Gasteiger partial charge in [0.25, 0.3) is 5.08 Å². The molecule has 0 aliphatic rings. The van der Waals surface area contributed by atoms with Crippen LogP contribution in [-0.4, -0.2) is 59.8 Å². The van der Waals surface area contributed by atoms with Crippen molar-refractivity contribution in [2.45, 2.75) is 37.7 Å². The lowest BCUT2D eigenvalue weighted by Crippen LogP contribution is -2.34. The van der Waals surface area contributed by atoms with E-state index in [-0.39, 0.29) is 6.54 Å². The predicted octanol–water partition coefficient (Wildman–Crippen LogP) is 1.58. The second-order valence-electron chi connectivity index (χ2n) is 5.65. The Balaban J connectivity index is 0.000000796. The van der Waals surface area contributed by atoms with Crippen LogP contribution in [-0.2, 0) is 9.13 Å². The van der Waals surface area contributed by atoms with Crippen LogP contribution in [0.4, 0.5) is 0 Å². The van der Waals surface area contributed by atoms with Gasteiger partial charge in [-0.15, -0.1) is 0 Å². The first-order valence-corrected chi connectivity index (χ1v) is 11.1. The zero-order valence-corrected chi connectivity index (χ0v) is 16.3. The lowest BCUT2D eigenvalue weighted by molar-refractivity contribution is 0.112. The average Bonchev–Trinajstić information content (AvgIpc) is 2.53. The molecule has 25 heavy (non-hydrogen) atoms. The van der Waals surface area contributed by atoms with E-state index in [4.69, 9.17) is 19.6 Å². The largest absolute Gasteiger partial charge is 0.369 e. The molecule has 1 aromatic heterocycles. The van der Waals surface area contributed by atoms with E-state index < -0.39 is 26.7 Å². The highest BCUT2D eigenvalue weighted by Crippen LogP contribution is 2.68. The van der Waals surface area contributed by atoms with Gasteiger partial charge < -0.3 is 29.6 Å². The van der Waals surface area contributed by atoms with Crippen LogP contribution in [0.1, 0.15) is 32.6 Å². The fourth-order valence-corrected chi connectivity index (χ4v) is 4.00. The summed E-state index contributed by atoms with van der Waals surface area (Å²) >= 11 is 0. The summed E-state index contributed by atoms with van der Waals surface area (Å²) in [5.41, 5.74) is 0. The molecule has 5 N–H and O–H groups in total. The zero-order chi connectivity index (χ0) is 19.6. The summed E-state index contributed by atoms with van der Waals surface area (Å²) in [4.78, 5) is 41.3. The molecule has 0 aromatic carbocycles. The topological polar surface area (TPSA) is 151 Å². The van der Waals surface area contributed by atoms with Crippen LogP contribution in [0.2, 0.25) is 0 Å². The minimum absolute atomic E-state index is 0.0174. The van der Waals surface area contributed by atoms with Gasteiger partial charge in [0.2, 0.25) is 0 Å². The highest BCUT2D eigenvalue weighted by molar-refractivity contribution is 7.72. The lowest BCUT2D eigenvalue weighted by Gasteiger charge is -2.30. The standard InChI is InChI=1S/C9H23NO7P2.C5H5N/c1-3-4-5-7-10(2)8-6-9(11,18(12,13)14)19(15,16)17;1-2-4-6-5-3-1/h11H,3-8H2,1-2H3,(H2,12,13,14)(H2,15,16,17);1-5H. The van der Waals surface area contributed by atoms with Crippen molar-refractivity contribution in [1.29, 1.82) is 0 Å². The van der Waals surface area contributed by atoms with Crippen LogP contribution in [0.15, 0.2) is 30.6 Å². The quantitative estimate of drug-likeness (QED) is 0.308. The third-order valence-electron chi connectivity index (χ3n) is 3.47. The third kappa shape index (κ3) is 9.03. The Morgan fingerprint density at radius 1 is 0.960 bits per heavy atom. The Morgan fingerprint density at radius 3 is 1.80 bits per heavy atom. The van der Waals surface area contributed by atoms with Crippen molar-refractivity contribution < 1.29 is 33.8 Å². The van der Waals surface area contributed by atoms with Gasteiger partial charge in [-0.25, -0.2) is 0 Å². The van der Waals surface area contributed by atoms with Crippen molar-refractivity contribution in [2.24, 2.45) is 0 Å². The summed E-state index contributed by atoms with van der Waals surface area (Å²) in [7, 11) is -9.00. The highest BCUT2D eigenvalue weighted by Gasteiger charge is 2.58. The molecule has 9 nitrogen and oxygen atoms in total. The molecule has 1 rings (SSSR count). The normalized spacial score (nSPS) is 12.6. The number of rotatable bonds is 9. The smallest absolute Gasteiger partial charge is 0.367 e. The summed E-state index contributed by atoms with van der Waals surface area (Å²) in [5, 5.41) is 6.35. The summed E-state index contributed by atoms with van der Waals surface area (Å²) < 4.78 is 22.2. The van der Waals surface area contributed by atoms with Crippen LogP contribution in [0.3, 0.4) is 0 Å². The molecule has 0 saturated carbocycles. The van der Waals surface area contributed by atoms with Gasteiger partial charge in [-0.2, -0.15) is 0 Å². The monoisotopic (exact) mass is 398 g/mol. The molecular formula is C14H28N2O7P2. The molecular weight excluding hydrogens is 370 g/mol. The minimum atomic E-state index is -5.33. The molecule has 0 fully saturated rings. The zero-order valence-electron chi connectivity index (χ0n) is 14.5. The van der Waals surface area contributed by atoms with E-state index in [2.05, 4.69) is 4.98 Å². The SMILES string of the molecule is CCCCCN(C)CCC(O)(P(=O)(O)O)P(=O)(O)O.c1ccncc1. The Bertz CT molecular complexity index is 513. The fraction of sp³-hybridized carbons (Fsp3) is 0.643. The van der Waals surface area contributed by atoms with Crippen molar-refractivity contribution in [3.05, 3.63) is 30.6 Å². The van der Waals surface area contributed by atoms with E-state index in [0.717, 1.165) is 19.3 Å². The van der Waals surface area contributed by atoms with Crippen molar-refractivity contribution in [3.63, 3.8) is 0 Å². The highest BCUT2D eigenvalue weighted by atomic mass is 31.2. The molecule has 0 spiro atoms. The van der Waals surface area contributed by atoms with Crippen LogP contribution in [0.5, 0.6) is 0 Å². The van der Waals surface area contributed by atoms with Gasteiger partial charge in [0, 0.05) is 25.4 Å².